The van der Waals surface area contributed by atoms with E-state index in [0.29, 0.717) is 22.8 Å². The van der Waals surface area contributed by atoms with E-state index in [2.05, 4.69) is 20.9 Å². The van der Waals surface area contributed by atoms with Crippen LogP contribution in [-0.2, 0) is 6.42 Å². The lowest BCUT2D eigenvalue weighted by molar-refractivity contribution is 0.0233. The van der Waals surface area contributed by atoms with Crippen LogP contribution in [0.25, 0.3) is 10.9 Å². The van der Waals surface area contributed by atoms with Gasteiger partial charge in [-0.05, 0) is 100 Å². The van der Waals surface area contributed by atoms with Gasteiger partial charge in [-0.25, -0.2) is 0 Å². The molecule has 1 aliphatic rings. The summed E-state index contributed by atoms with van der Waals surface area (Å²) in [6.07, 6.45) is 9.21. The number of aromatic nitrogens is 2. The molecule has 2 aromatic heterocycles. The Labute approximate surface area is 212 Å². The zero-order valence-electron chi connectivity index (χ0n) is 20.5. The first-order valence-electron chi connectivity index (χ1n) is 12.6. The van der Waals surface area contributed by atoms with Crippen LogP contribution in [0, 0.1) is 5.41 Å². The monoisotopic (exact) mass is 497 g/mol. The maximum atomic E-state index is 11.1. The van der Waals surface area contributed by atoms with Gasteiger partial charge in [-0.3, -0.25) is 9.97 Å². The SMILES string of the molecule is COc1ccc2ncc(Cl)c([C@@H](O)CCC3(CO)CCN(CCCCc4ccccn4)CC3)c2c1. The van der Waals surface area contributed by atoms with Crippen LogP contribution in [0.3, 0.4) is 0 Å². The first kappa shape index (κ1) is 25.8. The van der Waals surface area contributed by atoms with Crippen LogP contribution < -0.4 is 4.74 Å². The fraction of sp³-hybridized carbons (Fsp3) is 0.500. The largest absolute Gasteiger partial charge is 0.497 e. The molecule has 0 amide bonds. The molecule has 35 heavy (non-hydrogen) atoms. The van der Waals surface area contributed by atoms with E-state index >= 15 is 0 Å². The minimum Gasteiger partial charge on any atom is -0.497 e. The molecule has 0 bridgehead atoms. The molecular weight excluding hydrogens is 462 g/mol. The van der Waals surface area contributed by atoms with Crippen molar-refractivity contribution in [2.75, 3.05) is 33.4 Å². The van der Waals surface area contributed by atoms with E-state index in [9.17, 15) is 10.2 Å². The molecule has 1 saturated heterocycles. The Morgan fingerprint density at radius 2 is 1.97 bits per heavy atom. The van der Waals surface area contributed by atoms with Gasteiger partial charge in [-0.1, -0.05) is 17.7 Å². The number of aryl methyl sites for hydroxylation is 1. The second kappa shape index (κ2) is 12.1. The Morgan fingerprint density at radius 1 is 1.14 bits per heavy atom. The molecule has 6 nitrogen and oxygen atoms in total. The van der Waals surface area contributed by atoms with Gasteiger partial charge < -0.3 is 19.8 Å². The number of benzene rings is 1. The Hall–Kier alpha value is -2.25. The summed E-state index contributed by atoms with van der Waals surface area (Å²) < 4.78 is 5.36. The van der Waals surface area contributed by atoms with Crippen molar-refractivity contribution in [3.05, 3.63) is 65.1 Å². The van der Waals surface area contributed by atoms with Gasteiger partial charge in [0.05, 0.1) is 23.8 Å². The van der Waals surface area contributed by atoms with Crippen molar-refractivity contribution in [2.45, 2.75) is 51.0 Å². The molecule has 0 radical (unpaired) electrons. The molecular formula is C28H36ClN3O3. The molecule has 3 heterocycles. The first-order valence-corrected chi connectivity index (χ1v) is 12.9. The van der Waals surface area contributed by atoms with Crippen LogP contribution in [-0.4, -0.2) is 58.4 Å². The maximum absolute atomic E-state index is 11.1. The second-order valence-corrected chi connectivity index (χ2v) is 10.1. The third kappa shape index (κ3) is 6.50. The summed E-state index contributed by atoms with van der Waals surface area (Å²) in [5, 5.41) is 22.7. The molecule has 4 rings (SSSR count). The maximum Gasteiger partial charge on any atom is 0.119 e. The zero-order chi connectivity index (χ0) is 24.7. The molecule has 1 fully saturated rings. The van der Waals surface area contributed by atoms with Crippen LogP contribution in [0.4, 0.5) is 0 Å². The van der Waals surface area contributed by atoms with E-state index in [-0.39, 0.29) is 12.0 Å². The molecule has 0 spiro atoms. The Bertz CT molecular complexity index is 1090. The summed E-state index contributed by atoms with van der Waals surface area (Å²) in [6.45, 7) is 3.19. The molecule has 1 aromatic carbocycles. The van der Waals surface area contributed by atoms with Crippen LogP contribution in [0.5, 0.6) is 5.75 Å². The van der Waals surface area contributed by atoms with Crippen LogP contribution in [0.15, 0.2) is 48.8 Å². The number of methoxy groups -OCH3 is 1. The molecule has 1 aliphatic heterocycles. The van der Waals surface area contributed by atoms with Crippen molar-refractivity contribution in [1.82, 2.24) is 14.9 Å². The van der Waals surface area contributed by atoms with Crippen molar-refractivity contribution in [3.8, 4) is 5.75 Å². The summed E-state index contributed by atoms with van der Waals surface area (Å²) in [5.74, 6) is 0.703. The normalized spacial score (nSPS) is 16.9. The molecule has 1 atom stereocenters. The predicted molar refractivity (Wildman–Crippen MR) is 140 cm³/mol. The number of hydrogen-bond acceptors (Lipinski definition) is 6. The van der Waals surface area contributed by atoms with Gasteiger partial charge >= 0.3 is 0 Å². The van der Waals surface area contributed by atoms with E-state index in [0.717, 1.165) is 74.8 Å². The molecule has 0 saturated carbocycles. The van der Waals surface area contributed by atoms with E-state index in [1.807, 2.05) is 36.5 Å². The summed E-state index contributed by atoms with van der Waals surface area (Å²) in [7, 11) is 1.62. The number of aliphatic hydroxyl groups is 2. The molecule has 0 unspecified atom stereocenters. The molecule has 2 N–H and O–H groups in total. The third-order valence-electron chi connectivity index (χ3n) is 7.49. The average molecular weight is 498 g/mol. The first-order chi connectivity index (χ1) is 17.0. The van der Waals surface area contributed by atoms with Gasteiger partial charge in [0.15, 0.2) is 0 Å². The lowest BCUT2D eigenvalue weighted by Crippen LogP contribution is -2.42. The van der Waals surface area contributed by atoms with Crippen molar-refractivity contribution in [3.63, 3.8) is 0 Å². The van der Waals surface area contributed by atoms with Crippen LogP contribution in [0.1, 0.15) is 55.9 Å². The van der Waals surface area contributed by atoms with Gasteiger partial charge in [-0.15, -0.1) is 0 Å². The van der Waals surface area contributed by atoms with E-state index in [1.165, 1.54) is 0 Å². The number of ether oxygens (including phenoxy) is 1. The van der Waals surface area contributed by atoms with Crippen molar-refractivity contribution < 1.29 is 14.9 Å². The van der Waals surface area contributed by atoms with Crippen molar-refractivity contribution in [1.29, 1.82) is 0 Å². The minimum atomic E-state index is -0.729. The van der Waals surface area contributed by atoms with Gasteiger partial charge in [0.1, 0.15) is 5.75 Å². The fourth-order valence-electron chi connectivity index (χ4n) is 5.15. The highest BCUT2D eigenvalue weighted by molar-refractivity contribution is 6.32. The van der Waals surface area contributed by atoms with E-state index in [1.54, 1.807) is 13.3 Å². The van der Waals surface area contributed by atoms with Gasteiger partial charge in [-0.2, -0.15) is 0 Å². The highest BCUT2D eigenvalue weighted by Crippen LogP contribution is 2.40. The van der Waals surface area contributed by atoms with Gasteiger partial charge in [0, 0.05) is 35.6 Å². The number of rotatable bonds is 11. The molecule has 188 valence electrons. The highest BCUT2D eigenvalue weighted by atomic mass is 35.5. The number of nitrogens with zero attached hydrogens (tertiary/aromatic N) is 3. The van der Waals surface area contributed by atoms with Crippen molar-refractivity contribution in [2.24, 2.45) is 5.41 Å². The molecule has 0 aliphatic carbocycles. The molecule has 7 heteroatoms. The summed E-state index contributed by atoms with van der Waals surface area (Å²) in [4.78, 5) is 11.3. The summed E-state index contributed by atoms with van der Waals surface area (Å²) >= 11 is 6.48. The standard InChI is InChI=1S/C28H36ClN3O3/c1-35-22-8-9-25-23(18-22)27(24(29)19-31-25)26(34)10-11-28(20-33)12-16-32(17-13-28)15-5-3-7-21-6-2-4-14-30-21/h2,4,6,8-9,14,18-19,26,33-34H,3,5,7,10-13,15-17,20H2,1H3/t26-/m0/s1. The Morgan fingerprint density at radius 3 is 2.69 bits per heavy atom. The lowest BCUT2D eigenvalue weighted by atomic mass is 9.74. The minimum absolute atomic E-state index is 0.145. The predicted octanol–water partition coefficient (Wildman–Crippen LogP) is 5.20. The summed E-state index contributed by atoms with van der Waals surface area (Å²) in [5.41, 5.74) is 2.47. The van der Waals surface area contributed by atoms with E-state index < -0.39 is 6.10 Å². The fourth-order valence-corrected chi connectivity index (χ4v) is 5.42. The van der Waals surface area contributed by atoms with E-state index in [4.69, 9.17) is 16.3 Å². The zero-order valence-corrected chi connectivity index (χ0v) is 21.3. The second-order valence-electron chi connectivity index (χ2n) is 9.74. The number of hydrogen-bond donors (Lipinski definition) is 2. The van der Waals surface area contributed by atoms with Crippen LogP contribution in [0.2, 0.25) is 5.02 Å². The Kier molecular flexibility index (Phi) is 8.95. The van der Waals surface area contributed by atoms with Gasteiger partial charge in [0.2, 0.25) is 0 Å². The van der Waals surface area contributed by atoms with Gasteiger partial charge in [0.25, 0.3) is 0 Å². The topological polar surface area (TPSA) is 78.7 Å². The number of likely N-dealkylation sites (tertiary alicyclic amines) is 1. The number of aliphatic hydroxyl groups excluding tert-OH is 2. The number of fused-ring (bicyclic) bond motifs is 1. The van der Waals surface area contributed by atoms with Crippen LogP contribution >= 0.6 is 11.6 Å². The average Bonchev–Trinajstić information content (AvgIpc) is 2.90. The number of pyridine rings is 2. The number of unbranched alkanes of at least 4 members (excludes halogenated alkanes) is 1. The smallest absolute Gasteiger partial charge is 0.119 e. The summed E-state index contributed by atoms with van der Waals surface area (Å²) in [6, 6.07) is 11.7. The number of halogens is 1. The quantitative estimate of drug-likeness (QED) is 0.354. The van der Waals surface area contributed by atoms with Crippen molar-refractivity contribution >= 4 is 22.5 Å². The highest BCUT2D eigenvalue weighted by Gasteiger charge is 2.34. The Balaban J connectivity index is 1.30. The lowest BCUT2D eigenvalue weighted by Gasteiger charge is -2.41. The molecule has 3 aromatic rings. The number of piperidine rings is 1. The third-order valence-corrected chi connectivity index (χ3v) is 7.79.